The van der Waals surface area contributed by atoms with Gasteiger partial charge < -0.3 is 0 Å². The first-order chi connectivity index (χ1) is 20.8. The Balaban J connectivity index is 1.60. The Bertz CT molecular complexity index is 1880. The van der Waals surface area contributed by atoms with Crippen molar-refractivity contribution >= 4 is 35.0 Å². The van der Waals surface area contributed by atoms with Crippen molar-refractivity contribution in [2.45, 2.75) is 10.1 Å². The predicted octanol–water partition coefficient (Wildman–Crippen LogP) is 7.57. The molecule has 0 aliphatic heterocycles. The first kappa shape index (κ1) is 28.5. The number of carbonyl (C=O) groups excluding carboxylic acids is 1. The summed E-state index contributed by atoms with van der Waals surface area (Å²) in [7, 11) is 0. The molecule has 0 N–H and O–H groups in total. The molecule has 10 nitrogen and oxygen atoms in total. The molecule has 0 spiro atoms. The summed E-state index contributed by atoms with van der Waals surface area (Å²) in [5, 5.41) is 33.0. The number of benzene rings is 4. The summed E-state index contributed by atoms with van der Waals surface area (Å²) in [6.45, 7) is 0. The van der Waals surface area contributed by atoms with Gasteiger partial charge in [-0.15, -0.1) is 0 Å². The summed E-state index contributed by atoms with van der Waals surface area (Å²) in [6, 6.07) is 31.8. The normalized spacial score (nSPS) is 11.0. The Morgan fingerprint density at radius 3 is 1.88 bits per heavy atom. The van der Waals surface area contributed by atoms with E-state index in [9.17, 15) is 30.3 Å². The predicted molar refractivity (Wildman–Crippen MR) is 161 cm³/mol. The second-order valence-corrected chi connectivity index (χ2v) is 10.0. The smallest absolute Gasteiger partial charge is 0.270 e. The van der Waals surface area contributed by atoms with Crippen molar-refractivity contribution < 1.29 is 14.6 Å². The SMILES string of the molecule is N#C/C(=C/c1cc([N+](=O)[O-])ccc1Sc1nc(-c2ccccc2)cc(-c2ccccc2)n1)C(=O)c1cccc([N+](=O)[O-])c1. The van der Waals surface area contributed by atoms with Gasteiger partial charge in [0.05, 0.1) is 21.2 Å². The average molecular weight is 586 g/mol. The van der Waals surface area contributed by atoms with E-state index in [0.717, 1.165) is 29.0 Å². The van der Waals surface area contributed by atoms with Crippen molar-refractivity contribution in [3.05, 3.63) is 146 Å². The van der Waals surface area contributed by atoms with Gasteiger partial charge in [-0.2, -0.15) is 5.26 Å². The Morgan fingerprint density at radius 1 is 0.744 bits per heavy atom. The van der Waals surface area contributed by atoms with Crippen LogP contribution in [0.5, 0.6) is 0 Å². The zero-order chi connectivity index (χ0) is 30.3. The number of nitrogens with zero attached hydrogens (tertiary/aromatic N) is 5. The van der Waals surface area contributed by atoms with E-state index in [1.807, 2.05) is 72.8 Å². The van der Waals surface area contributed by atoms with Crippen LogP contribution in [0.1, 0.15) is 15.9 Å². The van der Waals surface area contributed by atoms with Gasteiger partial charge in [-0.1, -0.05) is 72.8 Å². The summed E-state index contributed by atoms with van der Waals surface area (Å²) in [6.07, 6.45) is 1.23. The summed E-state index contributed by atoms with van der Waals surface area (Å²) in [5.41, 5.74) is 2.29. The van der Waals surface area contributed by atoms with Crippen LogP contribution < -0.4 is 0 Å². The number of ketones is 1. The molecule has 11 heteroatoms. The molecule has 5 rings (SSSR count). The molecule has 0 radical (unpaired) electrons. The third-order valence-electron chi connectivity index (χ3n) is 6.23. The van der Waals surface area contributed by atoms with Gasteiger partial charge in [0, 0.05) is 45.9 Å². The Kier molecular flexibility index (Phi) is 8.41. The maximum atomic E-state index is 13.2. The summed E-state index contributed by atoms with van der Waals surface area (Å²) in [5.74, 6) is -0.762. The number of allylic oxidation sites excluding steroid dienone is 1. The second kappa shape index (κ2) is 12.7. The molecular formula is C32H19N5O5S. The zero-order valence-electron chi connectivity index (χ0n) is 22.2. The molecule has 1 aromatic heterocycles. The third-order valence-corrected chi connectivity index (χ3v) is 7.19. The summed E-state index contributed by atoms with van der Waals surface area (Å²) < 4.78 is 0. The van der Waals surface area contributed by atoms with Crippen LogP contribution in [0.4, 0.5) is 11.4 Å². The van der Waals surface area contributed by atoms with E-state index in [1.54, 1.807) is 0 Å². The molecule has 4 aromatic carbocycles. The fraction of sp³-hybridized carbons (Fsp3) is 0. The van der Waals surface area contributed by atoms with Crippen LogP contribution >= 0.6 is 11.8 Å². The quantitative estimate of drug-likeness (QED) is 0.0425. The van der Waals surface area contributed by atoms with Gasteiger partial charge in [0.2, 0.25) is 5.78 Å². The summed E-state index contributed by atoms with van der Waals surface area (Å²) in [4.78, 5) is 44.6. The molecule has 0 fully saturated rings. The number of carbonyl (C=O) groups is 1. The Hall–Kier alpha value is -5.99. The largest absolute Gasteiger partial charge is 0.288 e. The van der Waals surface area contributed by atoms with Crippen LogP contribution in [0.2, 0.25) is 0 Å². The minimum absolute atomic E-state index is 0.0620. The van der Waals surface area contributed by atoms with Crippen molar-refractivity contribution in [3.8, 4) is 28.6 Å². The molecule has 0 aliphatic rings. The van der Waals surface area contributed by atoms with E-state index >= 15 is 0 Å². The van der Waals surface area contributed by atoms with Gasteiger partial charge in [0.1, 0.15) is 11.6 Å². The van der Waals surface area contributed by atoms with Gasteiger partial charge in [-0.05, 0) is 35.5 Å². The standard InChI is InChI=1S/C32H19N5O5S/c33-20-25(31(38)23-12-7-13-26(17-23)36(39)40)16-24-18-27(37(41)42)14-15-30(24)43-32-34-28(21-8-3-1-4-9-21)19-29(35-32)22-10-5-2-6-11-22/h1-19H/b25-16-. The summed E-state index contributed by atoms with van der Waals surface area (Å²) >= 11 is 1.12. The number of hydrogen-bond acceptors (Lipinski definition) is 9. The van der Waals surface area contributed by atoms with E-state index in [2.05, 4.69) is 0 Å². The lowest BCUT2D eigenvalue weighted by Crippen LogP contribution is -2.03. The first-order valence-electron chi connectivity index (χ1n) is 12.7. The highest BCUT2D eigenvalue weighted by molar-refractivity contribution is 7.99. The van der Waals surface area contributed by atoms with Crippen LogP contribution in [0.3, 0.4) is 0 Å². The Labute approximate surface area is 249 Å². The zero-order valence-corrected chi connectivity index (χ0v) is 23.0. The van der Waals surface area contributed by atoms with Gasteiger partial charge in [-0.3, -0.25) is 25.0 Å². The van der Waals surface area contributed by atoms with E-state index in [0.29, 0.717) is 21.4 Å². The molecule has 0 bridgehead atoms. The highest BCUT2D eigenvalue weighted by Gasteiger charge is 2.19. The number of nitro benzene ring substituents is 2. The number of non-ortho nitro benzene ring substituents is 2. The second-order valence-electron chi connectivity index (χ2n) is 9.04. The van der Waals surface area contributed by atoms with Crippen molar-refractivity contribution in [1.82, 2.24) is 9.97 Å². The number of nitriles is 1. The van der Waals surface area contributed by atoms with Crippen molar-refractivity contribution in [1.29, 1.82) is 5.26 Å². The monoisotopic (exact) mass is 585 g/mol. The van der Waals surface area contributed by atoms with Crippen LogP contribution in [0.25, 0.3) is 28.6 Å². The van der Waals surface area contributed by atoms with Crippen molar-refractivity contribution in [2.24, 2.45) is 0 Å². The lowest BCUT2D eigenvalue weighted by Gasteiger charge is -2.10. The van der Waals surface area contributed by atoms with Crippen LogP contribution in [-0.4, -0.2) is 25.6 Å². The van der Waals surface area contributed by atoms with Crippen molar-refractivity contribution in [2.75, 3.05) is 0 Å². The molecule has 0 saturated heterocycles. The molecule has 0 atom stereocenters. The molecule has 208 valence electrons. The molecule has 0 saturated carbocycles. The van der Waals surface area contributed by atoms with Crippen LogP contribution in [-0.2, 0) is 0 Å². The minimum Gasteiger partial charge on any atom is -0.288 e. The number of hydrogen-bond donors (Lipinski definition) is 0. The lowest BCUT2D eigenvalue weighted by atomic mass is 10.0. The molecule has 0 amide bonds. The molecule has 1 heterocycles. The van der Waals surface area contributed by atoms with Crippen molar-refractivity contribution in [3.63, 3.8) is 0 Å². The molecule has 0 aliphatic carbocycles. The maximum Gasteiger partial charge on any atom is 0.270 e. The third kappa shape index (κ3) is 6.67. The lowest BCUT2D eigenvalue weighted by molar-refractivity contribution is -0.385. The van der Waals surface area contributed by atoms with Crippen LogP contribution in [0.15, 0.2) is 125 Å². The van der Waals surface area contributed by atoms with E-state index < -0.39 is 15.6 Å². The number of nitro groups is 2. The highest BCUT2D eigenvalue weighted by atomic mass is 32.2. The first-order valence-corrected chi connectivity index (χ1v) is 13.5. The van der Waals surface area contributed by atoms with Gasteiger partial charge in [-0.25, -0.2) is 9.97 Å². The minimum atomic E-state index is -0.762. The van der Waals surface area contributed by atoms with E-state index in [4.69, 9.17) is 9.97 Å². The number of aromatic nitrogens is 2. The molecule has 5 aromatic rings. The van der Waals surface area contributed by atoms with E-state index in [1.165, 1.54) is 42.5 Å². The number of rotatable bonds is 9. The fourth-order valence-electron chi connectivity index (χ4n) is 4.16. The van der Waals surface area contributed by atoms with E-state index in [-0.39, 0.29) is 28.1 Å². The Morgan fingerprint density at radius 2 is 1.33 bits per heavy atom. The maximum absolute atomic E-state index is 13.2. The van der Waals surface area contributed by atoms with Gasteiger partial charge in [0.25, 0.3) is 11.4 Å². The molecule has 43 heavy (non-hydrogen) atoms. The van der Waals surface area contributed by atoms with Gasteiger partial charge >= 0.3 is 0 Å². The molecular weight excluding hydrogens is 566 g/mol. The molecule has 0 unspecified atom stereocenters. The van der Waals surface area contributed by atoms with Crippen LogP contribution in [0, 0.1) is 31.6 Å². The highest BCUT2D eigenvalue weighted by Crippen LogP contribution is 2.35. The topological polar surface area (TPSA) is 153 Å². The number of Topliss-reactive ketones (excluding diaryl/α,β-unsaturated/α-hetero) is 1. The fourth-order valence-corrected chi connectivity index (χ4v) is 5.01. The van der Waals surface area contributed by atoms with Gasteiger partial charge in [0.15, 0.2) is 5.16 Å². The average Bonchev–Trinajstić information content (AvgIpc) is 3.04.